The van der Waals surface area contributed by atoms with Crippen molar-refractivity contribution in [2.45, 2.75) is 0 Å². The van der Waals surface area contributed by atoms with Crippen molar-refractivity contribution in [1.29, 1.82) is 0 Å². The molecule has 22 heavy (non-hydrogen) atoms. The fraction of sp³-hybridized carbons (Fsp3) is 0.118. The van der Waals surface area contributed by atoms with E-state index in [0.717, 1.165) is 22.3 Å². The van der Waals surface area contributed by atoms with Crippen LogP contribution in [-0.2, 0) is 0 Å². The number of para-hydroxylation sites is 1. The quantitative estimate of drug-likeness (QED) is 0.580. The number of halogens is 1. The maximum atomic E-state index is 6.15. The minimum Gasteiger partial charge on any atom is -0.495 e. The number of methoxy groups -OCH3 is 1. The molecule has 0 radical (unpaired) electrons. The predicted molar refractivity (Wildman–Crippen MR) is 92.2 cm³/mol. The van der Waals surface area contributed by atoms with Gasteiger partial charge in [0.2, 0.25) is 0 Å². The van der Waals surface area contributed by atoms with Crippen LogP contribution >= 0.6 is 11.6 Å². The van der Waals surface area contributed by atoms with Crippen LogP contribution in [0.1, 0.15) is 0 Å². The fourth-order valence-corrected chi connectivity index (χ4v) is 2.67. The first-order valence-corrected chi connectivity index (χ1v) is 7.20. The van der Waals surface area contributed by atoms with Crippen molar-refractivity contribution in [1.82, 2.24) is 4.98 Å². The van der Waals surface area contributed by atoms with Crippen molar-refractivity contribution in [3.05, 3.63) is 53.7 Å². The highest BCUT2D eigenvalue weighted by atomic mass is 35.5. The molecular weight excluding hydrogens is 298 g/mol. The lowest BCUT2D eigenvalue weighted by atomic mass is 10.1. The van der Waals surface area contributed by atoms with Crippen molar-refractivity contribution in [2.75, 3.05) is 24.8 Å². The van der Waals surface area contributed by atoms with Crippen LogP contribution in [-0.4, -0.2) is 19.1 Å². The zero-order valence-corrected chi connectivity index (χ0v) is 13.1. The number of aromatic nitrogens is 1. The summed E-state index contributed by atoms with van der Waals surface area (Å²) in [6, 6.07) is 15.4. The second-order valence-corrected chi connectivity index (χ2v) is 5.35. The number of fused-ring (bicyclic) bond motifs is 1. The van der Waals surface area contributed by atoms with Crippen LogP contribution in [0.3, 0.4) is 0 Å². The number of ether oxygens (including phenoxy) is 1. The Kier molecular flexibility index (Phi) is 3.77. The third-order valence-electron chi connectivity index (χ3n) is 3.63. The van der Waals surface area contributed by atoms with Crippen LogP contribution in [0.2, 0.25) is 5.15 Å². The molecule has 0 aliphatic carbocycles. The minimum atomic E-state index is 0.460. The molecule has 0 spiro atoms. The zero-order valence-electron chi connectivity index (χ0n) is 12.4. The molecule has 4 nitrogen and oxygen atoms in total. The molecular formula is C17H16ClN3O. The SMILES string of the molecule is COc1ccc(N(C)c2cc(Cl)nc3ccccc23)cc1N. The molecule has 3 rings (SSSR count). The summed E-state index contributed by atoms with van der Waals surface area (Å²) in [4.78, 5) is 6.38. The summed E-state index contributed by atoms with van der Waals surface area (Å²) in [5, 5.41) is 1.49. The first-order valence-electron chi connectivity index (χ1n) is 6.82. The summed E-state index contributed by atoms with van der Waals surface area (Å²) in [6.45, 7) is 0. The van der Waals surface area contributed by atoms with Gasteiger partial charge in [0.05, 0.1) is 24.0 Å². The van der Waals surface area contributed by atoms with E-state index in [4.69, 9.17) is 22.1 Å². The molecule has 1 heterocycles. The smallest absolute Gasteiger partial charge is 0.141 e. The lowest BCUT2D eigenvalue weighted by molar-refractivity contribution is 0.417. The fourth-order valence-electron chi connectivity index (χ4n) is 2.47. The molecule has 5 heteroatoms. The Balaban J connectivity index is 2.12. The number of rotatable bonds is 3. The average Bonchev–Trinajstić information content (AvgIpc) is 2.53. The lowest BCUT2D eigenvalue weighted by Crippen LogP contribution is -2.11. The molecule has 0 fully saturated rings. The Morgan fingerprint density at radius 2 is 1.91 bits per heavy atom. The minimum absolute atomic E-state index is 0.460. The number of benzene rings is 2. The monoisotopic (exact) mass is 313 g/mol. The largest absolute Gasteiger partial charge is 0.495 e. The summed E-state index contributed by atoms with van der Waals surface area (Å²) >= 11 is 6.15. The molecule has 0 aliphatic rings. The second kappa shape index (κ2) is 5.73. The Bertz CT molecular complexity index is 835. The Morgan fingerprint density at radius 3 is 2.64 bits per heavy atom. The average molecular weight is 314 g/mol. The van der Waals surface area contributed by atoms with Gasteiger partial charge in [0.1, 0.15) is 10.9 Å². The maximum absolute atomic E-state index is 6.15. The van der Waals surface area contributed by atoms with Gasteiger partial charge in [0, 0.05) is 18.1 Å². The van der Waals surface area contributed by atoms with Crippen LogP contribution in [0.4, 0.5) is 17.1 Å². The van der Waals surface area contributed by atoms with Crippen molar-refractivity contribution in [3.8, 4) is 5.75 Å². The summed E-state index contributed by atoms with van der Waals surface area (Å²) in [7, 11) is 3.57. The maximum Gasteiger partial charge on any atom is 0.141 e. The van der Waals surface area contributed by atoms with Gasteiger partial charge in [-0.2, -0.15) is 0 Å². The van der Waals surface area contributed by atoms with Crippen molar-refractivity contribution in [3.63, 3.8) is 0 Å². The molecule has 3 aromatic rings. The molecule has 0 amide bonds. The molecule has 0 aliphatic heterocycles. The van der Waals surface area contributed by atoms with E-state index < -0.39 is 0 Å². The lowest BCUT2D eigenvalue weighted by Gasteiger charge is -2.22. The Hall–Kier alpha value is -2.46. The van der Waals surface area contributed by atoms with E-state index in [0.29, 0.717) is 16.6 Å². The zero-order chi connectivity index (χ0) is 15.7. The van der Waals surface area contributed by atoms with Crippen LogP contribution in [0.5, 0.6) is 5.75 Å². The third kappa shape index (κ3) is 2.53. The van der Waals surface area contributed by atoms with E-state index >= 15 is 0 Å². The number of nitrogens with two attached hydrogens (primary N) is 1. The molecule has 112 valence electrons. The van der Waals surface area contributed by atoms with Gasteiger partial charge in [0.25, 0.3) is 0 Å². The van der Waals surface area contributed by atoms with Gasteiger partial charge >= 0.3 is 0 Å². The first kappa shape index (κ1) is 14.5. The van der Waals surface area contributed by atoms with E-state index in [2.05, 4.69) is 4.98 Å². The van der Waals surface area contributed by atoms with Crippen molar-refractivity contribution < 1.29 is 4.74 Å². The van der Waals surface area contributed by atoms with Gasteiger partial charge in [-0.25, -0.2) is 4.98 Å². The number of hydrogen-bond donors (Lipinski definition) is 1. The number of hydrogen-bond acceptors (Lipinski definition) is 4. The van der Waals surface area contributed by atoms with Crippen molar-refractivity contribution >= 4 is 39.6 Å². The molecule has 0 unspecified atom stereocenters. The van der Waals surface area contributed by atoms with Crippen LogP contribution < -0.4 is 15.4 Å². The number of nitrogen functional groups attached to an aromatic ring is 1. The molecule has 2 N–H and O–H groups in total. The molecule has 0 saturated carbocycles. The number of anilines is 3. The van der Waals surface area contributed by atoms with Gasteiger partial charge in [-0.3, -0.25) is 0 Å². The first-order chi connectivity index (χ1) is 10.6. The van der Waals surface area contributed by atoms with Crippen LogP contribution in [0.25, 0.3) is 10.9 Å². The molecule has 0 atom stereocenters. The van der Waals surface area contributed by atoms with Crippen LogP contribution in [0, 0.1) is 0 Å². The molecule has 0 bridgehead atoms. The van der Waals surface area contributed by atoms with Crippen molar-refractivity contribution in [2.24, 2.45) is 0 Å². The highest BCUT2D eigenvalue weighted by molar-refractivity contribution is 6.30. The molecule has 2 aromatic carbocycles. The molecule has 0 saturated heterocycles. The van der Waals surface area contributed by atoms with Gasteiger partial charge in [-0.15, -0.1) is 0 Å². The van der Waals surface area contributed by atoms with E-state index in [1.54, 1.807) is 7.11 Å². The van der Waals surface area contributed by atoms with Gasteiger partial charge in [-0.1, -0.05) is 29.8 Å². The normalized spacial score (nSPS) is 10.7. The van der Waals surface area contributed by atoms with E-state index in [9.17, 15) is 0 Å². The van der Waals surface area contributed by atoms with E-state index in [-0.39, 0.29) is 0 Å². The number of pyridine rings is 1. The highest BCUT2D eigenvalue weighted by Gasteiger charge is 2.12. The summed E-state index contributed by atoms with van der Waals surface area (Å²) in [5.41, 5.74) is 9.38. The number of nitrogens with zero attached hydrogens (tertiary/aromatic N) is 2. The van der Waals surface area contributed by atoms with Crippen LogP contribution in [0.15, 0.2) is 48.5 Å². The van der Waals surface area contributed by atoms with Gasteiger partial charge in [-0.05, 0) is 30.3 Å². The van der Waals surface area contributed by atoms with Gasteiger partial charge < -0.3 is 15.4 Å². The topological polar surface area (TPSA) is 51.4 Å². The second-order valence-electron chi connectivity index (χ2n) is 4.97. The standard InChI is InChI=1S/C17H16ClN3O/c1-21(11-7-8-16(22-2)13(19)9-11)15-10-17(18)20-14-6-4-3-5-12(14)15/h3-10H,19H2,1-2H3. The summed E-state index contributed by atoms with van der Waals surface area (Å²) in [6.07, 6.45) is 0. The Labute approximate surface area is 134 Å². The Morgan fingerprint density at radius 1 is 1.14 bits per heavy atom. The summed E-state index contributed by atoms with van der Waals surface area (Å²) < 4.78 is 5.20. The predicted octanol–water partition coefficient (Wildman–Crippen LogP) is 4.25. The van der Waals surface area contributed by atoms with Gasteiger partial charge in [0.15, 0.2) is 0 Å². The third-order valence-corrected chi connectivity index (χ3v) is 3.82. The van der Waals surface area contributed by atoms with E-state index in [1.807, 2.05) is 60.5 Å². The molecule has 1 aromatic heterocycles. The van der Waals surface area contributed by atoms with E-state index in [1.165, 1.54) is 0 Å². The summed E-state index contributed by atoms with van der Waals surface area (Å²) in [5.74, 6) is 0.662. The highest BCUT2D eigenvalue weighted by Crippen LogP contribution is 2.34.